The summed E-state index contributed by atoms with van der Waals surface area (Å²) in [4.78, 5) is 4.34. The quantitative estimate of drug-likeness (QED) is 0.780. The van der Waals surface area contributed by atoms with Crippen LogP contribution in [0.25, 0.3) is 0 Å². The Balaban J connectivity index is 1.88. The van der Waals surface area contributed by atoms with E-state index in [2.05, 4.69) is 44.2 Å². The zero-order chi connectivity index (χ0) is 15.7. The maximum absolute atomic E-state index is 10.2. The molecule has 2 heterocycles. The molecule has 4 atom stereocenters. The van der Waals surface area contributed by atoms with Crippen LogP contribution in [0.2, 0.25) is 18.1 Å². The minimum Gasteiger partial charge on any atom is -0.414 e. The van der Waals surface area contributed by atoms with Crippen molar-refractivity contribution in [2.24, 2.45) is 4.99 Å². The second kappa shape index (κ2) is 6.20. The number of hydrogen-bond donors (Lipinski definition) is 2. The molecule has 2 aliphatic rings. The maximum atomic E-state index is 10.2. The Hall–Kier alpha value is -0.693. The number of aliphatic imine (C=N–C) groups is 1. The molecule has 0 radical (unpaired) electrons. The summed E-state index contributed by atoms with van der Waals surface area (Å²) in [5.74, 6) is 0. The van der Waals surface area contributed by atoms with Crippen molar-refractivity contribution in [3.63, 3.8) is 0 Å². The van der Waals surface area contributed by atoms with Gasteiger partial charge in [-0.05, 0) is 30.4 Å². The Bertz CT molecular complexity index is 418. The molecule has 2 aliphatic heterocycles. The molecule has 0 amide bonds. The number of rotatable bonds is 4. The average Bonchev–Trinajstić information content (AvgIpc) is 2.78. The predicted molar refractivity (Wildman–Crippen MR) is 87.0 cm³/mol. The Labute approximate surface area is 128 Å². The summed E-state index contributed by atoms with van der Waals surface area (Å²) in [6.45, 7) is 11.5. The molecule has 6 heteroatoms. The highest BCUT2D eigenvalue weighted by atomic mass is 28.4. The molecule has 0 bridgehead atoms. The largest absolute Gasteiger partial charge is 0.414 e. The second-order valence-corrected chi connectivity index (χ2v) is 12.2. The molecule has 0 spiro atoms. The fraction of sp³-hybridized carbons (Fsp3) is 0.800. The number of aliphatic hydroxyl groups is 1. The van der Waals surface area contributed by atoms with E-state index in [1.54, 1.807) is 6.21 Å². The molecular weight excluding hydrogens is 284 g/mol. The molecule has 5 nitrogen and oxygen atoms in total. The Morgan fingerprint density at radius 3 is 2.71 bits per heavy atom. The van der Waals surface area contributed by atoms with Gasteiger partial charge in [-0.3, -0.25) is 4.99 Å². The van der Waals surface area contributed by atoms with Gasteiger partial charge < -0.3 is 19.6 Å². The Morgan fingerprint density at radius 2 is 2.14 bits per heavy atom. The number of nitrogens with zero attached hydrogens (tertiary/aromatic N) is 1. The first kappa shape index (κ1) is 16.7. The fourth-order valence-corrected chi connectivity index (χ4v) is 3.22. The molecule has 21 heavy (non-hydrogen) atoms. The van der Waals surface area contributed by atoms with Crippen molar-refractivity contribution in [3.05, 3.63) is 12.3 Å². The van der Waals surface area contributed by atoms with Crippen LogP contribution in [0.4, 0.5) is 0 Å². The second-order valence-electron chi connectivity index (χ2n) is 7.36. The van der Waals surface area contributed by atoms with E-state index in [0.29, 0.717) is 13.0 Å². The minimum atomic E-state index is -1.81. The van der Waals surface area contributed by atoms with Gasteiger partial charge in [0.25, 0.3) is 0 Å². The van der Waals surface area contributed by atoms with Crippen molar-refractivity contribution in [1.82, 2.24) is 5.32 Å². The third kappa shape index (κ3) is 3.94. The number of hydrogen-bond acceptors (Lipinski definition) is 5. The number of nitrogens with one attached hydrogen (secondary N) is 1. The van der Waals surface area contributed by atoms with Crippen molar-refractivity contribution in [1.29, 1.82) is 0 Å². The van der Waals surface area contributed by atoms with Gasteiger partial charge in [0.05, 0.1) is 12.7 Å². The first-order valence-electron chi connectivity index (χ1n) is 7.62. The average molecular weight is 312 g/mol. The summed E-state index contributed by atoms with van der Waals surface area (Å²) in [7, 11) is -1.81. The molecule has 1 fully saturated rings. The third-order valence-corrected chi connectivity index (χ3v) is 9.22. The van der Waals surface area contributed by atoms with Crippen LogP contribution in [0.15, 0.2) is 17.3 Å². The van der Waals surface area contributed by atoms with Crippen molar-refractivity contribution in [3.8, 4) is 0 Å². The molecule has 0 aromatic heterocycles. The van der Waals surface area contributed by atoms with Crippen molar-refractivity contribution < 1.29 is 14.3 Å². The molecule has 0 aliphatic carbocycles. The monoisotopic (exact) mass is 312 g/mol. The fourth-order valence-electron chi connectivity index (χ4n) is 2.21. The van der Waals surface area contributed by atoms with Gasteiger partial charge in [-0.15, -0.1) is 0 Å². The lowest BCUT2D eigenvalue weighted by molar-refractivity contribution is -0.0266. The highest BCUT2D eigenvalue weighted by Crippen LogP contribution is 2.37. The van der Waals surface area contributed by atoms with Gasteiger partial charge >= 0.3 is 0 Å². The summed E-state index contributed by atoms with van der Waals surface area (Å²) in [6.07, 6.45) is 5.10. The first-order valence-corrected chi connectivity index (χ1v) is 10.5. The lowest BCUT2D eigenvalue weighted by Crippen LogP contribution is -2.44. The lowest BCUT2D eigenvalue weighted by atomic mass is 10.1. The van der Waals surface area contributed by atoms with Crippen LogP contribution >= 0.6 is 0 Å². The van der Waals surface area contributed by atoms with Gasteiger partial charge in [0.15, 0.2) is 8.32 Å². The molecule has 120 valence electrons. The van der Waals surface area contributed by atoms with Crippen LogP contribution < -0.4 is 5.32 Å². The van der Waals surface area contributed by atoms with E-state index in [1.165, 1.54) is 0 Å². The Kier molecular flexibility index (Phi) is 4.92. The summed E-state index contributed by atoms with van der Waals surface area (Å²) < 4.78 is 12.1. The van der Waals surface area contributed by atoms with Crippen LogP contribution in [-0.4, -0.2) is 50.7 Å². The van der Waals surface area contributed by atoms with Gasteiger partial charge in [-0.2, -0.15) is 0 Å². The van der Waals surface area contributed by atoms with E-state index in [1.807, 2.05) is 12.3 Å². The first-order chi connectivity index (χ1) is 9.71. The predicted octanol–water partition coefficient (Wildman–Crippen LogP) is 2.04. The highest BCUT2D eigenvalue weighted by molar-refractivity contribution is 6.74. The third-order valence-electron chi connectivity index (χ3n) is 4.72. The van der Waals surface area contributed by atoms with Crippen LogP contribution in [0.1, 0.15) is 27.2 Å². The van der Waals surface area contributed by atoms with Crippen molar-refractivity contribution in [2.45, 2.75) is 69.8 Å². The van der Waals surface area contributed by atoms with E-state index in [-0.39, 0.29) is 23.4 Å². The van der Waals surface area contributed by atoms with Crippen LogP contribution in [0, 0.1) is 0 Å². The van der Waals surface area contributed by atoms with Gasteiger partial charge in [0, 0.05) is 12.6 Å². The maximum Gasteiger partial charge on any atom is 0.192 e. The van der Waals surface area contributed by atoms with Gasteiger partial charge in [-0.1, -0.05) is 20.8 Å². The topological polar surface area (TPSA) is 63.1 Å². The smallest absolute Gasteiger partial charge is 0.192 e. The van der Waals surface area contributed by atoms with Crippen LogP contribution in [-0.2, 0) is 9.16 Å². The summed E-state index contributed by atoms with van der Waals surface area (Å²) in [5, 5.41) is 13.5. The van der Waals surface area contributed by atoms with E-state index >= 15 is 0 Å². The van der Waals surface area contributed by atoms with Crippen molar-refractivity contribution in [2.75, 3.05) is 6.61 Å². The standard InChI is InChI=1S/C15H28N2O3Si/c1-15(2,3)21(4,5)19-10-13-11(18)9-12(20-13)14-16-7-6-8-17-14/h6-8,11-14,16,18H,9-10H2,1-5H3/t11-,12+,13+,14?/m0/s1. The normalized spacial score (nSPS) is 33.2. The summed E-state index contributed by atoms with van der Waals surface area (Å²) in [6, 6.07) is 0. The summed E-state index contributed by atoms with van der Waals surface area (Å²) >= 11 is 0. The van der Waals surface area contributed by atoms with E-state index < -0.39 is 14.4 Å². The summed E-state index contributed by atoms with van der Waals surface area (Å²) in [5.41, 5.74) is 0. The van der Waals surface area contributed by atoms with Crippen LogP contribution in [0.3, 0.4) is 0 Å². The molecule has 1 saturated heterocycles. The molecule has 2 N–H and O–H groups in total. The molecule has 2 rings (SSSR count). The van der Waals surface area contributed by atoms with E-state index in [4.69, 9.17) is 9.16 Å². The van der Waals surface area contributed by atoms with Crippen molar-refractivity contribution >= 4 is 14.5 Å². The molecular formula is C15H28N2O3Si. The highest BCUT2D eigenvalue weighted by Gasteiger charge is 2.42. The molecule has 0 aromatic carbocycles. The number of aliphatic hydroxyl groups excluding tert-OH is 1. The van der Waals surface area contributed by atoms with Crippen LogP contribution in [0.5, 0.6) is 0 Å². The van der Waals surface area contributed by atoms with Gasteiger partial charge in [0.2, 0.25) is 0 Å². The lowest BCUT2D eigenvalue weighted by Gasteiger charge is -2.37. The molecule has 1 unspecified atom stereocenters. The van der Waals surface area contributed by atoms with E-state index in [9.17, 15) is 5.11 Å². The number of allylic oxidation sites excluding steroid dienone is 1. The van der Waals surface area contributed by atoms with E-state index in [0.717, 1.165) is 0 Å². The SMILES string of the molecule is CC(C)(C)[Si](C)(C)OC[C@H]1O[C@@H](C2N=CC=CN2)C[C@@H]1O. The van der Waals surface area contributed by atoms with Gasteiger partial charge in [0.1, 0.15) is 18.4 Å². The molecule has 0 saturated carbocycles. The minimum absolute atomic E-state index is 0.103. The molecule has 0 aromatic rings. The zero-order valence-corrected chi connectivity index (χ0v) is 14.7. The Morgan fingerprint density at radius 1 is 1.43 bits per heavy atom. The zero-order valence-electron chi connectivity index (χ0n) is 13.7. The van der Waals surface area contributed by atoms with Gasteiger partial charge in [-0.25, -0.2) is 0 Å². The number of ether oxygens (including phenoxy) is 1.